The molecular formula is C12H20N2O. The molecule has 2 N–H and O–H groups in total. The van der Waals surface area contributed by atoms with Crippen LogP contribution in [0.3, 0.4) is 0 Å². The van der Waals surface area contributed by atoms with Gasteiger partial charge < -0.3 is 10.6 Å². The zero-order chi connectivity index (χ0) is 10.3. The van der Waals surface area contributed by atoms with Crippen LogP contribution in [0, 0.1) is 11.8 Å². The third-order valence-electron chi connectivity index (χ3n) is 3.95. The molecule has 3 rings (SSSR count). The molecule has 1 unspecified atom stereocenters. The van der Waals surface area contributed by atoms with Crippen LogP contribution in [0.4, 0.5) is 0 Å². The minimum absolute atomic E-state index is 0.224. The van der Waals surface area contributed by atoms with Gasteiger partial charge in [-0.3, -0.25) is 4.79 Å². The third-order valence-corrected chi connectivity index (χ3v) is 3.95. The molecule has 2 saturated carbocycles. The highest BCUT2D eigenvalue weighted by Crippen LogP contribution is 2.44. The minimum atomic E-state index is 0.224. The van der Waals surface area contributed by atoms with Gasteiger partial charge in [0.05, 0.1) is 0 Å². The van der Waals surface area contributed by atoms with E-state index in [0.29, 0.717) is 12.5 Å². The molecule has 3 nitrogen and oxygen atoms in total. The lowest BCUT2D eigenvalue weighted by Gasteiger charge is -2.29. The molecule has 3 aliphatic rings. The second-order valence-electron chi connectivity index (χ2n) is 5.41. The van der Waals surface area contributed by atoms with Crippen LogP contribution in [0.25, 0.3) is 0 Å². The number of hydrogen-bond donors (Lipinski definition) is 2. The summed E-state index contributed by atoms with van der Waals surface area (Å²) in [6, 6.07) is 1.30. The Bertz CT molecular complexity index is 236. The second kappa shape index (κ2) is 3.78. The highest BCUT2D eigenvalue weighted by atomic mass is 16.1. The van der Waals surface area contributed by atoms with E-state index < -0.39 is 0 Å². The van der Waals surface area contributed by atoms with E-state index in [-0.39, 0.29) is 5.91 Å². The molecule has 0 aromatic heterocycles. The van der Waals surface area contributed by atoms with Crippen molar-refractivity contribution in [1.82, 2.24) is 10.6 Å². The third kappa shape index (κ3) is 2.33. The van der Waals surface area contributed by atoms with Gasteiger partial charge in [-0.2, -0.15) is 0 Å². The molecule has 1 saturated heterocycles. The van der Waals surface area contributed by atoms with Gasteiger partial charge in [0.1, 0.15) is 0 Å². The fraction of sp³-hybridized carbons (Fsp3) is 0.917. The summed E-state index contributed by atoms with van der Waals surface area (Å²) < 4.78 is 0. The molecule has 84 valence electrons. The standard InChI is InChI=1S/C12H20N2O/c15-11-6-5-10(7-13-11)14-12(8-1-2-8)9-3-4-9/h8-10,12,14H,1-7H2,(H,13,15). The van der Waals surface area contributed by atoms with E-state index in [0.717, 1.165) is 30.8 Å². The molecule has 2 aliphatic carbocycles. The van der Waals surface area contributed by atoms with Crippen molar-refractivity contribution in [1.29, 1.82) is 0 Å². The highest BCUT2D eigenvalue weighted by Gasteiger charge is 2.42. The number of carbonyl (C=O) groups excluding carboxylic acids is 1. The molecule has 1 amide bonds. The molecule has 3 fully saturated rings. The molecule has 0 aromatic carbocycles. The van der Waals surface area contributed by atoms with E-state index in [2.05, 4.69) is 10.6 Å². The normalized spacial score (nSPS) is 31.8. The quantitative estimate of drug-likeness (QED) is 0.725. The van der Waals surface area contributed by atoms with Gasteiger partial charge in [-0.25, -0.2) is 0 Å². The van der Waals surface area contributed by atoms with Crippen molar-refractivity contribution in [3.05, 3.63) is 0 Å². The van der Waals surface area contributed by atoms with Crippen LogP contribution in [-0.2, 0) is 4.79 Å². The van der Waals surface area contributed by atoms with Crippen molar-refractivity contribution < 1.29 is 4.79 Å². The molecule has 3 heteroatoms. The maximum atomic E-state index is 11.0. The summed E-state index contributed by atoms with van der Waals surface area (Å²) in [6.07, 6.45) is 7.43. The van der Waals surface area contributed by atoms with E-state index in [1.165, 1.54) is 25.7 Å². The van der Waals surface area contributed by atoms with Gasteiger partial charge in [-0.1, -0.05) is 0 Å². The van der Waals surface area contributed by atoms with Crippen LogP contribution in [0.5, 0.6) is 0 Å². The molecular weight excluding hydrogens is 188 g/mol. The lowest BCUT2D eigenvalue weighted by Crippen LogP contribution is -2.50. The van der Waals surface area contributed by atoms with Crippen molar-refractivity contribution in [2.75, 3.05) is 6.54 Å². The van der Waals surface area contributed by atoms with Crippen LogP contribution < -0.4 is 10.6 Å². The summed E-state index contributed by atoms with van der Waals surface area (Å²) in [4.78, 5) is 11.0. The molecule has 0 spiro atoms. The highest BCUT2D eigenvalue weighted by molar-refractivity contribution is 5.76. The Hall–Kier alpha value is -0.570. The molecule has 0 bridgehead atoms. The first kappa shape index (κ1) is 9.64. The summed E-state index contributed by atoms with van der Waals surface area (Å²) >= 11 is 0. The van der Waals surface area contributed by atoms with Gasteiger partial charge in [0.25, 0.3) is 0 Å². The first-order valence-electron chi connectivity index (χ1n) is 6.35. The fourth-order valence-electron chi connectivity index (χ4n) is 2.71. The van der Waals surface area contributed by atoms with Crippen LogP contribution >= 0.6 is 0 Å². The van der Waals surface area contributed by atoms with E-state index in [1.807, 2.05) is 0 Å². The zero-order valence-electron chi connectivity index (χ0n) is 9.17. The van der Waals surface area contributed by atoms with Crippen molar-refractivity contribution >= 4 is 5.91 Å². The van der Waals surface area contributed by atoms with Gasteiger partial charge in [-0.15, -0.1) is 0 Å². The Balaban J connectivity index is 1.51. The lowest BCUT2D eigenvalue weighted by molar-refractivity contribution is -0.122. The maximum absolute atomic E-state index is 11.0. The largest absolute Gasteiger partial charge is 0.355 e. The Kier molecular flexibility index (Phi) is 2.43. The SMILES string of the molecule is O=C1CCC(NC(C2CC2)C2CC2)CN1. The van der Waals surface area contributed by atoms with Crippen LogP contribution in [0.2, 0.25) is 0 Å². The zero-order valence-corrected chi connectivity index (χ0v) is 9.17. The fourth-order valence-corrected chi connectivity index (χ4v) is 2.71. The van der Waals surface area contributed by atoms with Gasteiger partial charge in [-0.05, 0) is 43.9 Å². The van der Waals surface area contributed by atoms with Gasteiger partial charge in [0, 0.05) is 25.0 Å². The number of amides is 1. The number of rotatable bonds is 4. The average molecular weight is 208 g/mol. The Labute approximate surface area is 91.0 Å². The van der Waals surface area contributed by atoms with E-state index in [9.17, 15) is 4.79 Å². The van der Waals surface area contributed by atoms with Crippen LogP contribution in [0.15, 0.2) is 0 Å². The monoisotopic (exact) mass is 208 g/mol. The smallest absolute Gasteiger partial charge is 0.220 e. The summed E-state index contributed by atoms with van der Waals surface area (Å²) in [6.45, 7) is 0.842. The van der Waals surface area contributed by atoms with E-state index in [1.54, 1.807) is 0 Å². The molecule has 1 heterocycles. The summed E-state index contributed by atoms with van der Waals surface area (Å²) in [5, 5.41) is 6.74. The van der Waals surface area contributed by atoms with Gasteiger partial charge >= 0.3 is 0 Å². The van der Waals surface area contributed by atoms with Crippen LogP contribution in [-0.4, -0.2) is 24.5 Å². The molecule has 1 aliphatic heterocycles. The first-order valence-corrected chi connectivity index (χ1v) is 6.35. The lowest BCUT2D eigenvalue weighted by atomic mass is 10.0. The summed E-state index contributed by atoms with van der Waals surface area (Å²) in [7, 11) is 0. The topological polar surface area (TPSA) is 41.1 Å². The average Bonchev–Trinajstić information content (AvgIpc) is 3.11. The van der Waals surface area contributed by atoms with Gasteiger partial charge in [0.15, 0.2) is 0 Å². The number of nitrogens with one attached hydrogen (secondary N) is 2. The summed E-state index contributed by atoms with van der Waals surface area (Å²) in [5.41, 5.74) is 0. The molecule has 0 radical (unpaired) electrons. The van der Waals surface area contributed by atoms with Crippen molar-refractivity contribution in [3.63, 3.8) is 0 Å². The molecule has 15 heavy (non-hydrogen) atoms. The first-order chi connectivity index (χ1) is 7.33. The van der Waals surface area contributed by atoms with Crippen molar-refractivity contribution in [2.24, 2.45) is 11.8 Å². The van der Waals surface area contributed by atoms with Gasteiger partial charge in [0.2, 0.25) is 5.91 Å². The number of hydrogen-bond acceptors (Lipinski definition) is 2. The molecule has 1 atom stereocenters. The van der Waals surface area contributed by atoms with Crippen molar-refractivity contribution in [3.8, 4) is 0 Å². The Morgan fingerprint density at radius 1 is 1.13 bits per heavy atom. The van der Waals surface area contributed by atoms with E-state index in [4.69, 9.17) is 0 Å². The Morgan fingerprint density at radius 2 is 1.80 bits per heavy atom. The summed E-state index contributed by atoms with van der Waals surface area (Å²) in [5.74, 6) is 2.13. The van der Waals surface area contributed by atoms with Crippen molar-refractivity contribution in [2.45, 2.75) is 50.6 Å². The van der Waals surface area contributed by atoms with Crippen LogP contribution in [0.1, 0.15) is 38.5 Å². The predicted molar refractivity (Wildman–Crippen MR) is 58.4 cm³/mol. The number of piperidine rings is 1. The maximum Gasteiger partial charge on any atom is 0.220 e. The van der Waals surface area contributed by atoms with E-state index >= 15 is 0 Å². The molecule has 0 aromatic rings. The number of carbonyl (C=O) groups is 1. The second-order valence-corrected chi connectivity index (χ2v) is 5.41. The Morgan fingerprint density at radius 3 is 2.27 bits per heavy atom. The predicted octanol–water partition coefficient (Wildman–Crippen LogP) is 1.04. The minimum Gasteiger partial charge on any atom is -0.355 e.